The molecule has 1 saturated heterocycles. The van der Waals surface area contributed by atoms with Crippen molar-refractivity contribution < 1.29 is 4.74 Å². The summed E-state index contributed by atoms with van der Waals surface area (Å²) in [6, 6.07) is 20.8. The Morgan fingerprint density at radius 3 is 2.50 bits per heavy atom. The topological polar surface area (TPSA) is 56.8 Å². The van der Waals surface area contributed by atoms with E-state index in [2.05, 4.69) is 51.5 Å². The van der Waals surface area contributed by atoms with Crippen molar-refractivity contribution >= 4 is 22.5 Å². The number of anilines is 1. The molecule has 0 spiro atoms. The van der Waals surface area contributed by atoms with Gasteiger partial charge in [0.15, 0.2) is 5.65 Å². The van der Waals surface area contributed by atoms with Crippen LogP contribution < -0.4 is 9.64 Å². The molecule has 0 unspecified atom stereocenters. The molecule has 32 heavy (non-hydrogen) atoms. The predicted molar refractivity (Wildman–Crippen MR) is 127 cm³/mol. The van der Waals surface area contributed by atoms with Gasteiger partial charge in [-0.1, -0.05) is 29.8 Å². The van der Waals surface area contributed by atoms with Gasteiger partial charge in [0.05, 0.1) is 16.6 Å². The maximum Gasteiger partial charge on any atom is 0.157 e. The Hall–Kier alpha value is -3.56. The maximum absolute atomic E-state index is 9.72. The van der Waals surface area contributed by atoms with Crippen LogP contribution in [0.15, 0.2) is 54.6 Å². The highest BCUT2D eigenvalue weighted by atomic mass is 16.5. The molecule has 0 radical (unpaired) electrons. The Labute approximate surface area is 188 Å². The van der Waals surface area contributed by atoms with Crippen LogP contribution in [0.1, 0.15) is 16.7 Å². The summed E-state index contributed by atoms with van der Waals surface area (Å²) in [6.07, 6.45) is 0. The number of para-hydroxylation sites is 2. The zero-order chi connectivity index (χ0) is 22.1. The molecular weight excluding hydrogens is 398 g/mol. The largest absolute Gasteiger partial charge is 0.492 e. The van der Waals surface area contributed by atoms with Crippen molar-refractivity contribution in [1.82, 2.24) is 14.3 Å². The number of benzene rings is 2. The SMILES string of the molecule is Cc1ccc(OCCN2CCN(c3cc(C)c(C#N)c4nc5ccccc5n34)CC2)cc1. The number of nitrogens with zero attached hydrogens (tertiary/aromatic N) is 5. The molecule has 0 bridgehead atoms. The standard InChI is InChI=1S/C26H27N5O/c1-19-7-9-21(10-8-19)32-16-15-29-11-13-30(14-12-29)25-17-20(2)22(18-27)26-28-23-5-3-4-6-24(23)31(25)26/h3-10,17H,11-16H2,1-2H3. The van der Waals surface area contributed by atoms with Crippen molar-refractivity contribution in [3.8, 4) is 11.8 Å². The number of fused-ring (bicyclic) bond motifs is 3. The van der Waals surface area contributed by atoms with E-state index in [9.17, 15) is 5.26 Å². The van der Waals surface area contributed by atoms with Crippen LogP contribution in [-0.2, 0) is 0 Å². The van der Waals surface area contributed by atoms with E-state index in [1.165, 1.54) is 5.56 Å². The van der Waals surface area contributed by atoms with Crippen molar-refractivity contribution in [2.45, 2.75) is 13.8 Å². The quantitative estimate of drug-likeness (QED) is 0.480. The zero-order valence-corrected chi connectivity index (χ0v) is 18.6. The minimum Gasteiger partial charge on any atom is -0.492 e. The van der Waals surface area contributed by atoms with Crippen LogP contribution in [0.5, 0.6) is 5.75 Å². The second kappa shape index (κ2) is 8.52. The minimum absolute atomic E-state index is 0.650. The third-order valence-corrected chi connectivity index (χ3v) is 6.26. The molecule has 4 aromatic rings. The molecule has 0 saturated carbocycles. The van der Waals surface area contributed by atoms with Gasteiger partial charge in [-0.05, 0) is 49.7 Å². The van der Waals surface area contributed by atoms with Crippen molar-refractivity contribution in [1.29, 1.82) is 5.26 Å². The Balaban J connectivity index is 1.32. The summed E-state index contributed by atoms with van der Waals surface area (Å²) < 4.78 is 8.06. The molecule has 1 fully saturated rings. The van der Waals surface area contributed by atoms with Gasteiger partial charge in [0.25, 0.3) is 0 Å². The number of aryl methyl sites for hydroxylation is 2. The first kappa shape index (κ1) is 20.3. The van der Waals surface area contributed by atoms with E-state index in [0.717, 1.165) is 66.5 Å². The van der Waals surface area contributed by atoms with Gasteiger partial charge < -0.3 is 9.64 Å². The van der Waals surface area contributed by atoms with Crippen molar-refractivity contribution in [2.75, 3.05) is 44.2 Å². The van der Waals surface area contributed by atoms with Gasteiger partial charge >= 0.3 is 0 Å². The maximum atomic E-state index is 9.72. The fourth-order valence-electron chi connectivity index (χ4n) is 4.43. The molecule has 6 heteroatoms. The summed E-state index contributed by atoms with van der Waals surface area (Å²) in [5.41, 5.74) is 5.57. The van der Waals surface area contributed by atoms with Crippen LogP contribution in [0.25, 0.3) is 16.7 Å². The Kier molecular flexibility index (Phi) is 5.42. The summed E-state index contributed by atoms with van der Waals surface area (Å²) >= 11 is 0. The number of aromatic nitrogens is 2. The fourth-order valence-corrected chi connectivity index (χ4v) is 4.43. The molecule has 3 heterocycles. The molecule has 1 aliphatic heterocycles. The number of piperazine rings is 1. The number of hydrogen-bond donors (Lipinski definition) is 0. The van der Waals surface area contributed by atoms with E-state index in [0.29, 0.717) is 12.2 Å². The highest BCUT2D eigenvalue weighted by Gasteiger charge is 2.22. The number of ether oxygens (including phenoxy) is 1. The van der Waals surface area contributed by atoms with Crippen LogP contribution in [0.3, 0.4) is 0 Å². The van der Waals surface area contributed by atoms with Gasteiger partial charge in [-0.15, -0.1) is 0 Å². The number of hydrogen-bond acceptors (Lipinski definition) is 5. The molecule has 0 amide bonds. The second-order valence-electron chi connectivity index (χ2n) is 8.42. The second-order valence-corrected chi connectivity index (χ2v) is 8.42. The van der Waals surface area contributed by atoms with E-state index in [1.807, 2.05) is 37.3 Å². The van der Waals surface area contributed by atoms with Crippen LogP contribution in [-0.4, -0.2) is 53.6 Å². The molecule has 162 valence electrons. The fraction of sp³-hybridized carbons (Fsp3) is 0.308. The lowest BCUT2D eigenvalue weighted by Gasteiger charge is -2.36. The summed E-state index contributed by atoms with van der Waals surface area (Å²) in [5.74, 6) is 2.04. The molecule has 2 aromatic carbocycles. The van der Waals surface area contributed by atoms with E-state index in [1.54, 1.807) is 0 Å². The number of nitriles is 1. The summed E-state index contributed by atoms with van der Waals surface area (Å²) in [6.45, 7) is 9.50. The average Bonchev–Trinajstić information content (AvgIpc) is 3.20. The molecule has 2 aromatic heterocycles. The van der Waals surface area contributed by atoms with Crippen molar-refractivity contribution in [3.63, 3.8) is 0 Å². The molecule has 1 aliphatic rings. The van der Waals surface area contributed by atoms with Crippen LogP contribution >= 0.6 is 0 Å². The third-order valence-electron chi connectivity index (χ3n) is 6.26. The lowest BCUT2D eigenvalue weighted by molar-refractivity contribution is 0.200. The first-order chi connectivity index (χ1) is 15.6. The smallest absolute Gasteiger partial charge is 0.157 e. The van der Waals surface area contributed by atoms with Gasteiger partial charge in [-0.25, -0.2) is 4.98 Å². The van der Waals surface area contributed by atoms with E-state index in [4.69, 9.17) is 9.72 Å². The lowest BCUT2D eigenvalue weighted by Crippen LogP contribution is -2.48. The van der Waals surface area contributed by atoms with Gasteiger partial charge in [-0.2, -0.15) is 5.26 Å². The number of pyridine rings is 1. The Bertz CT molecular complexity index is 1290. The highest BCUT2D eigenvalue weighted by molar-refractivity contribution is 5.85. The Morgan fingerprint density at radius 1 is 1.00 bits per heavy atom. The first-order valence-corrected chi connectivity index (χ1v) is 11.1. The summed E-state index contributed by atoms with van der Waals surface area (Å²) in [7, 11) is 0. The van der Waals surface area contributed by atoms with Crippen molar-refractivity contribution in [3.05, 3.63) is 71.3 Å². The van der Waals surface area contributed by atoms with Crippen LogP contribution in [0.4, 0.5) is 5.82 Å². The molecule has 0 aliphatic carbocycles. The first-order valence-electron chi connectivity index (χ1n) is 11.1. The molecular formula is C26H27N5O. The van der Waals surface area contributed by atoms with Gasteiger partial charge in [0.2, 0.25) is 0 Å². The number of imidazole rings is 1. The minimum atomic E-state index is 0.650. The predicted octanol–water partition coefficient (Wildman–Crippen LogP) is 4.18. The molecule has 0 atom stereocenters. The van der Waals surface area contributed by atoms with Gasteiger partial charge in [0, 0.05) is 32.7 Å². The monoisotopic (exact) mass is 425 g/mol. The number of rotatable bonds is 5. The highest BCUT2D eigenvalue weighted by Crippen LogP contribution is 2.29. The van der Waals surface area contributed by atoms with Crippen LogP contribution in [0, 0.1) is 25.2 Å². The normalized spacial score (nSPS) is 14.7. The molecule has 6 nitrogen and oxygen atoms in total. The zero-order valence-electron chi connectivity index (χ0n) is 18.6. The van der Waals surface area contributed by atoms with Crippen LogP contribution in [0.2, 0.25) is 0 Å². The van der Waals surface area contributed by atoms with Gasteiger partial charge in [-0.3, -0.25) is 9.30 Å². The van der Waals surface area contributed by atoms with E-state index in [-0.39, 0.29) is 0 Å². The van der Waals surface area contributed by atoms with Crippen molar-refractivity contribution in [2.24, 2.45) is 0 Å². The van der Waals surface area contributed by atoms with E-state index >= 15 is 0 Å². The lowest BCUT2D eigenvalue weighted by atomic mass is 10.1. The molecule has 5 rings (SSSR count). The molecule has 0 N–H and O–H groups in total. The summed E-state index contributed by atoms with van der Waals surface area (Å²) in [5, 5.41) is 9.72. The Morgan fingerprint density at radius 2 is 1.75 bits per heavy atom. The van der Waals surface area contributed by atoms with Gasteiger partial charge in [0.1, 0.15) is 24.2 Å². The third kappa shape index (κ3) is 3.76. The average molecular weight is 426 g/mol. The van der Waals surface area contributed by atoms with E-state index < -0.39 is 0 Å². The summed E-state index contributed by atoms with van der Waals surface area (Å²) in [4.78, 5) is 9.64.